The third-order valence-corrected chi connectivity index (χ3v) is 7.89. The van der Waals surface area contributed by atoms with E-state index in [1.165, 1.54) is 30.0 Å². The predicted octanol–water partition coefficient (Wildman–Crippen LogP) is 5.44. The van der Waals surface area contributed by atoms with Crippen molar-refractivity contribution in [2.24, 2.45) is 0 Å². The highest BCUT2D eigenvalue weighted by molar-refractivity contribution is 5.87. The Bertz CT molecular complexity index is 1650. The van der Waals surface area contributed by atoms with E-state index >= 15 is 0 Å². The molecular weight excluding hydrogens is 595 g/mol. The first kappa shape index (κ1) is 31.8. The number of aromatic nitrogens is 1. The number of nitro groups is 1. The van der Waals surface area contributed by atoms with Crippen LogP contribution in [0.25, 0.3) is 10.9 Å². The Morgan fingerprint density at radius 2 is 1.69 bits per heavy atom. The largest absolute Gasteiger partial charge is 0.486 e. The van der Waals surface area contributed by atoms with E-state index in [1.807, 2.05) is 6.07 Å². The molecule has 0 radical (unpaired) electrons. The van der Waals surface area contributed by atoms with E-state index in [2.05, 4.69) is 4.74 Å². The number of carbonyl (C=O) groups excluding carboxylic acids is 1. The summed E-state index contributed by atoms with van der Waals surface area (Å²) in [4.78, 5) is 23.9. The van der Waals surface area contributed by atoms with Crippen molar-refractivity contribution in [3.8, 4) is 11.5 Å². The number of esters is 1. The third-order valence-electron chi connectivity index (χ3n) is 7.89. The van der Waals surface area contributed by atoms with Crippen LogP contribution >= 0.6 is 0 Å². The number of piperidine rings is 1. The highest BCUT2D eigenvalue weighted by Gasteiger charge is 2.57. The summed E-state index contributed by atoms with van der Waals surface area (Å²) < 4.78 is 62.1. The summed E-state index contributed by atoms with van der Waals surface area (Å²) in [7, 11) is 1.25. The number of halogens is 3. The molecule has 10 nitrogen and oxygen atoms in total. The van der Waals surface area contributed by atoms with Crippen molar-refractivity contribution in [1.82, 2.24) is 9.47 Å². The number of aliphatic hydroxyl groups is 1. The summed E-state index contributed by atoms with van der Waals surface area (Å²) in [6, 6.07) is 19.4. The van der Waals surface area contributed by atoms with Crippen LogP contribution in [-0.2, 0) is 21.7 Å². The Labute approximate surface area is 256 Å². The number of rotatable bonds is 11. The van der Waals surface area contributed by atoms with Crippen LogP contribution in [0.5, 0.6) is 11.5 Å². The maximum Gasteiger partial charge on any atom is 0.422 e. The lowest BCUT2D eigenvalue weighted by molar-refractivity contribution is -0.384. The second-order valence-electron chi connectivity index (χ2n) is 10.9. The molecule has 3 aromatic carbocycles. The van der Waals surface area contributed by atoms with Gasteiger partial charge in [0.05, 0.1) is 17.5 Å². The fourth-order valence-corrected chi connectivity index (χ4v) is 5.51. The van der Waals surface area contributed by atoms with E-state index < -0.39 is 29.2 Å². The number of likely N-dealkylation sites (tertiary alicyclic amines) is 1. The van der Waals surface area contributed by atoms with Crippen molar-refractivity contribution in [1.29, 1.82) is 0 Å². The average Bonchev–Trinajstić information content (AvgIpc) is 3.39. The molecule has 4 aromatic rings. The maximum atomic E-state index is 14.8. The number of methoxy groups -OCH3 is 1. The van der Waals surface area contributed by atoms with Gasteiger partial charge in [0.15, 0.2) is 18.1 Å². The molecule has 0 spiro atoms. The van der Waals surface area contributed by atoms with Gasteiger partial charge in [-0.2, -0.15) is 13.2 Å². The average molecular weight is 628 g/mol. The van der Waals surface area contributed by atoms with Gasteiger partial charge in [-0.05, 0) is 36.6 Å². The number of nitrogens with zero attached hydrogens (tertiary/aromatic N) is 3. The van der Waals surface area contributed by atoms with Crippen molar-refractivity contribution < 1.29 is 42.2 Å². The first-order chi connectivity index (χ1) is 21.5. The molecule has 1 fully saturated rings. The molecule has 1 aliphatic heterocycles. The quantitative estimate of drug-likeness (QED) is 0.133. The maximum absolute atomic E-state index is 14.8. The van der Waals surface area contributed by atoms with Crippen LogP contribution < -0.4 is 9.47 Å². The zero-order valence-corrected chi connectivity index (χ0v) is 24.4. The van der Waals surface area contributed by atoms with E-state index in [0.29, 0.717) is 24.3 Å². The third kappa shape index (κ3) is 7.04. The number of carbonyl (C=O) groups is 1. The van der Waals surface area contributed by atoms with Crippen molar-refractivity contribution in [3.05, 3.63) is 100 Å². The van der Waals surface area contributed by atoms with Crippen molar-refractivity contribution in [3.63, 3.8) is 0 Å². The topological polar surface area (TPSA) is 116 Å². The molecule has 45 heavy (non-hydrogen) atoms. The zero-order valence-electron chi connectivity index (χ0n) is 24.4. The molecule has 0 aliphatic carbocycles. The minimum atomic E-state index is -5.05. The fraction of sp³-hybridized carbons (Fsp3) is 0.344. The van der Waals surface area contributed by atoms with Crippen LogP contribution in [0.3, 0.4) is 0 Å². The van der Waals surface area contributed by atoms with Gasteiger partial charge in [0, 0.05) is 55.5 Å². The molecule has 0 saturated carbocycles. The summed E-state index contributed by atoms with van der Waals surface area (Å²) in [6.07, 6.45) is -3.39. The number of benzene rings is 3. The number of alkyl halides is 3. The number of nitro benzene ring substituents is 1. The molecule has 1 aliphatic rings. The van der Waals surface area contributed by atoms with Crippen molar-refractivity contribution in [2.75, 3.05) is 33.4 Å². The highest BCUT2D eigenvalue weighted by atomic mass is 19.4. The van der Waals surface area contributed by atoms with Crippen LogP contribution in [0.1, 0.15) is 24.0 Å². The van der Waals surface area contributed by atoms with Gasteiger partial charge in [-0.15, -0.1) is 0 Å². The smallest absolute Gasteiger partial charge is 0.422 e. The number of non-ortho nitro benzene ring substituents is 1. The summed E-state index contributed by atoms with van der Waals surface area (Å²) in [6.45, 7) is -0.464. The monoisotopic (exact) mass is 627 g/mol. The SMILES string of the molecule is COC(=O)COc1ccccc1OC1CCN(CC(O)(c2cn(Cc3ccccc3)c3cc([N+](=O)[O-])ccc23)C(F)(F)F)CC1. The van der Waals surface area contributed by atoms with Crippen LogP contribution in [0, 0.1) is 10.1 Å². The molecule has 2 heterocycles. The van der Waals surface area contributed by atoms with Crippen LogP contribution in [-0.4, -0.2) is 71.1 Å². The van der Waals surface area contributed by atoms with Crippen molar-refractivity contribution >= 4 is 22.6 Å². The van der Waals surface area contributed by atoms with E-state index in [0.717, 1.165) is 11.6 Å². The van der Waals surface area contributed by atoms with Gasteiger partial charge < -0.3 is 23.9 Å². The van der Waals surface area contributed by atoms with E-state index in [4.69, 9.17) is 9.47 Å². The first-order valence-corrected chi connectivity index (χ1v) is 14.3. The number of ether oxygens (including phenoxy) is 3. The van der Waals surface area contributed by atoms with Gasteiger partial charge in [-0.25, -0.2) is 4.79 Å². The van der Waals surface area contributed by atoms with E-state index in [9.17, 15) is 33.2 Å². The molecular formula is C32H32F3N3O7. The fourth-order valence-electron chi connectivity index (χ4n) is 5.51. The predicted molar refractivity (Wildman–Crippen MR) is 158 cm³/mol. The van der Waals surface area contributed by atoms with Crippen molar-refractivity contribution in [2.45, 2.75) is 37.3 Å². The Hall–Kier alpha value is -4.62. The minimum Gasteiger partial charge on any atom is -0.486 e. The second kappa shape index (κ2) is 13.2. The van der Waals surface area contributed by atoms with E-state index in [1.54, 1.807) is 53.4 Å². The first-order valence-electron chi connectivity index (χ1n) is 14.3. The number of fused-ring (bicyclic) bond motifs is 1. The number of para-hydroxylation sites is 2. The molecule has 1 atom stereocenters. The summed E-state index contributed by atoms with van der Waals surface area (Å²) in [5.41, 5.74) is -2.90. The molecule has 1 N–H and O–H groups in total. The molecule has 1 unspecified atom stereocenters. The van der Waals surface area contributed by atoms with Crippen LogP contribution in [0.4, 0.5) is 18.9 Å². The number of hydrogen-bond acceptors (Lipinski definition) is 8. The molecule has 5 rings (SSSR count). The van der Waals surface area contributed by atoms with E-state index in [-0.39, 0.29) is 54.5 Å². The van der Waals surface area contributed by atoms with Crippen LogP contribution in [0.15, 0.2) is 79.0 Å². The summed E-state index contributed by atoms with van der Waals surface area (Å²) in [5.74, 6) is 0.174. The van der Waals surface area contributed by atoms with Gasteiger partial charge in [0.25, 0.3) is 5.69 Å². The number of β-amino-alcohol motifs (C(OH)–C–C–N with tert-alkyl or cyclic N) is 1. The Balaban J connectivity index is 1.37. The standard InChI is InChI=1S/C32H32F3N3O7/c1-43-30(39)20-44-28-9-5-6-10-29(28)45-24-13-15-36(16-14-24)21-31(40,32(33,34)35)26-19-37(18-22-7-3-2-4-8-22)27-17-23(38(41)42)11-12-25(26)27/h2-12,17,19,24,40H,13-16,18,20-21H2,1H3. The summed E-state index contributed by atoms with van der Waals surface area (Å²) >= 11 is 0. The lowest BCUT2D eigenvalue weighted by Gasteiger charge is -2.39. The van der Waals surface area contributed by atoms with Gasteiger partial charge in [-0.1, -0.05) is 42.5 Å². The molecule has 0 bridgehead atoms. The van der Waals surface area contributed by atoms with Gasteiger partial charge in [0.1, 0.15) is 6.10 Å². The zero-order chi connectivity index (χ0) is 32.2. The molecule has 1 aromatic heterocycles. The van der Waals surface area contributed by atoms with Crippen LogP contribution in [0.2, 0.25) is 0 Å². The molecule has 0 amide bonds. The Morgan fingerprint density at radius 3 is 2.33 bits per heavy atom. The van der Waals surface area contributed by atoms with Gasteiger partial charge >= 0.3 is 12.1 Å². The Morgan fingerprint density at radius 1 is 1.02 bits per heavy atom. The number of hydrogen-bond donors (Lipinski definition) is 1. The normalized spacial score (nSPS) is 15.8. The van der Waals surface area contributed by atoms with Gasteiger partial charge in [0.2, 0.25) is 5.60 Å². The second-order valence-corrected chi connectivity index (χ2v) is 10.9. The lowest BCUT2D eigenvalue weighted by atomic mass is 9.91. The molecule has 13 heteroatoms. The minimum absolute atomic E-state index is 0.0816. The lowest BCUT2D eigenvalue weighted by Crippen LogP contribution is -2.53. The highest BCUT2D eigenvalue weighted by Crippen LogP contribution is 2.44. The Kier molecular flexibility index (Phi) is 9.30. The molecule has 238 valence electrons. The molecule has 1 saturated heterocycles. The van der Waals surface area contributed by atoms with Gasteiger partial charge in [-0.3, -0.25) is 15.0 Å². The summed E-state index contributed by atoms with van der Waals surface area (Å²) in [5, 5.41) is 23.1.